The summed E-state index contributed by atoms with van der Waals surface area (Å²) in [6.07, 6.45) is 1.39. The fourth-order valence-corrected chi connectivity index (χ4v) is 4.40. The van der Waals surface area contributed by atoms with Crippen LogP contribution >= 0.6 is 11.3 Å². The molecule has 9 heteroatoms. The third-order valence-electron chi connectivity index (χ3n) is 3.60. The summed E-state index contributed by atoms with van der Waals surface area (Å²) < 4.78 is 26.3. The van der Waals surface area contributed by atoms with Gasteiger partial charge in [-0.15, -0.1) is 11.3 Å². The number of rotatable bonds is 6. The van der Waals surface area contributed by atoms with Gasteiger partial charge in [0.2, 0.25) is 5.91 Å². The molecule has 22 heavy (non-hydrogen) atoms. The summed E-state index contributed by atoms with van der Waals surface area (Å²) in [5.74, 6) is -1.02. The van der Waals surface area contributed by atoms with E-state index in [1.807, 2.05) is 0 Å². The van der Waals surface area contributed by atoms with E-state index in [2.05, 4.69) is 4.72 Å². The van der Waals surface area contributed by atoms with Crippen molar-refractivity contribution in [2.75, 3.05) is 19.6 Å². The molecule has 1 aromatic heterocycles. The first-order valence-corrected chi connectivity index (χ1v) is 9.27. The predicted octanol–water partition coefficient (Wildman–Crippen LogP) is 0.740. The Labute approximate surface area is 133 Å². The molecule has 0 saturated carbocycles. The zero-order chi connectivity index (χ0) is 16.2. The van der Waals surface area contributed by atoms with E-state index in [1.165, 1.54) is 6.07 Å². The first-order valence-electron chi connectivity index (χ1n) is 6.91. The summed E-state index contributed by atoms with van der Waals surface area (Å²) in [7, 11) is -3.63. The number of carbonyl (C=O) groups excluding carboxylic acids is 1. The smallest absolute Gasteiger partial charge is 0.303 e. The summed E-state index contributed by atoms with van der Waals surface area (Å²) in [4.78, 5) is 24.3. The van der Waals surface area contributed by atoms with E-state index in [4.69, 9.17) is 5.11 Å². The summed E-state index contributed by atoms with van der Waals surface area (Å²) in [6.45, 7) is 0.666. The molecule has 7 nitrogen and oxygen atoms in total. The Kier molecular flexibility index (Phi) is 5.54. The molecule has 0 radical (unpaired) electrons. The van der Waals surface area contributed by atoms with E-state index in [9.17, 15) is 18.0 Å². The van der Waals surface area contributed by atoms with Gasteiger partial charge in [-0.2, -0.15) is 0 Å². The Morgan fingerprint density at radius 3 is 2.59 bits per heavy atom. The van der Waals surface area contributed by atoms with Crippen LogP contribution in [0.5, 0.6) is 0 Å². The van der Waals surface area contributed by atoms with Crippen LogP contribution in [0.3, 0.4) is 0 Å². The lowest BCUT2D eigenvalue weighted by Gasteiger charge is -2.31. The van der Waals surface area contributed by atoms with Gasteiger partial charge in [-0.1, -0.05) is 6.07 Å². The van der Waals surface area contributed by atoms with Crippen LogP contribution in [0.2, 0.25) is 0 Å². The molecule has 1 aliphatic heterocycles. The number of piperidine rings is 1. The second-order valence-corrected chi connectivity index (χ2v) is 8.12. The monoisotopic (exact) mass is 346 g/mol. The average molecular weight is 346 g/mol. The van der Waals surface area contributed by atoms with Gasteiger partial charge in [0.05, 0.1) is 6.54 Å². The van der Waals surface area contributed by atoms with Crippen LogP contribution in [-0.2, 0) is 19.6 Å². The highest BCUT2D eigenvalue weighted by atomic mass is 32.2. The van der Waals surface area contributed by atoms with Crippen molar-refractivity contribution < 1.29 is 23.1 Å². The minimum absolute atomic E-state index is 0.0874. The summed E-state index contributed by atoms with van der Waals surface area (Å²) in [6, 6.07) is 3.11. The number of nitrogens with one attached hydrogen (secondary N) is 1. The highest BCUT2D eigenvalue weighted by Crippen LogP contribution is 2.20. The van der Waals surface area contributed by atoms with Crippen LogP contribution in [0, 0.1) is 5.92 Å². The zero-order valence-electron chi connectivity index (χ0n) is 11.9. The van der Waals surface area contributed by atoms with Crippen molar-refractivity contribution >= 4 is 33.2 Å². The number of carboxylic acid groups (broad SMARTS) is 1. The van der Waals surface area contributed by atoms with Crippen LogP contribution in [0.4, 0.5) is 0 Å². The van der Waals surface area contributed by atoms with Gasteiger partial charge in [-0.05, 0) is 30.2 Å². The third kappa shape index (κ3) is 4.52. The fourth-order valence-electron chi connectivity index (χ4n) is 2.39. The quantitative estimate of drug-likeness (QED) is 0.791. The summed E-state index contributed by atoms with van der Waals surface area (Å²) >= 11 is 1.09. The Hall–Kier alpha value is -1.45. The summed E-state index contributed by atoms with van der Waals surface area (Å²) in [5.41, 5.74) is 0. The molecule has 0 aromatic carbocycles. The lowest BCUT2D eigenvalue weighted by Crippen LogP contribution is -2.44. The lowest BCUT2D eigenvalue weighted by molar-refractivity contribution is -0.138. The van der Waals surface area contributed by atoms with Gasteiger partial charge in [-0.3, -0.25) is 9.59 Å². The van der Waals surface area contributed by atoms with Crippen molar-refractivity contribution in [3.63, 3.8) is 0 Å². The lowest BCUT2D eigenvalue weighted by atomic mass is 9.93. The molecule has 0 aliphatic carbocycles. The number of carboxylic acids is 1. The van der Waals surface area contributed by atoms with Crippen molar-refractivity contribution in [3.05, 3.63) is 17.5 Å². The van der Waals surface area contributed by atoms with Gasteiger partial charge in [0, 0.05) is 19.5 Å². The zero-order valence-corrected chi connectivity index (χ0v) is 13.5. The number of carbonyl (C=O) groups is 2. The number of hydrogen-bond donors (Lipinski definition) is 2. The molecular formula is C13H18N2O5S2. The van der Waals surface area contributed by atoms with Crippen molar-refractivity contribution in [2.45, 2.75) is 23.5 Å². The normalized spacial score (nSPS) is 16.6. The highest BCUT2D eigenvalue weighted by molar-refractivity contribution is 7.91. The Balaban J connectivity index is 1.80. The molecule has 2 heterocycles. The Morgan fingerprint density at radius 2 is 2.05 bits per heavy atom. The maximum Gasteiger partial charge on any atom is 0.303 e. The first kappa shape index (κ1) is 16.9. The molecule has 1 aromatic rings. The molecule has 0 unspecified atom stereocenters. The number of likely N-dealkylation sites (tertiary alicyclic amines) is 1. The standard InChI is InChI=1S/C13H18N2O5S2/c16-11(9-14-22(19,20)13-2-1-7-21-13)15-5-3-10(4-6-15)8-12(17)18/h1-2,7,10,14H,3-6,8-9H2,(H,17,18). The third-order valence-corrected chi connectivity index (χ3v) is 6.40. The van der Waals surface area contributed by atoms with E-state index in [0.717, 1.165) is 11.3 Å². The predicted molar refractivity (Wildman–Crippen MR) is 81.1 cm³/mol. The van der Waals surface area contributed by atoms with Crippen molar-refractivity contribution in [3.8, 4) is 0 Å². The minimum atomic E-state index is -3.63. The molecule has 122 valence electrons. The molecule has 0 spiro atoms. The van der Waals surface area contributed by atoms with Crippen molar-refractivity contribution in [2.24, 2.45) is 5.92 Å². The SMILES string of the molecule is O=C(O)CC1CCN(C(=O)CNS(=O)(=O)c2cccs2)CC1. The largest absolute Gasteiger partial charge is 0.481 e. The van der Waals surface area contributed by atoms with E-state index < -0.39 is 16.0 Å². The molecule has 1 aliphatic rings. The molecule has 0 bridgehead atoms. The number of hydrogen-bond acceptors (Lipinski definition) is 5. The molecule has 1 amide bonds. The topological polar surface area (TPSA) is 104 Å². The second-order valence-electron chi connectivity index (χ2n) is 5.18. The number of aliphatic carboxylic acids is 1. The fraction of sp³-hybridized carbons (Fsp3) is 0.538. The molecule has 2 N–H and O–H groups in total. The van der Waals surface area contributed by atoms with Crippen molar-refractivity contribution in [1.29, 1.82) is 0 Å². The van der Waals surface area contributed by atoms with E-state index in [1.54, 1.807) is 16.3 Å². The van der Waals surface area contributed by atoms with Gasteiger partial charge in [0.1, 0.15) is 4.21 Å². The van der Waals surface area contributed by atoms with Crippen LogP contribution in [0.25, 0.3) is 0 Å². The van der Waals surface area contributed by atoms with E-state index >= 15 is 0 Å². The van der Waals surface area contributed by atoms with Crippen LogP contribution in [0.15, 0.2) is 21.7 Å². The minimum Gasteiger partial charge on any atom is -0.481 e. The van der Waals surface area contributed by atoms with Gasteiger partial charge in [-0.25, -0.2) is 13.1 Å². The van der Waals surface area contributed by atoms with Crippen LogP contribution in [-0.4, -0.2) is 49.9 Å². The Morgan fingerprint density at radius 1 is 1.36 bits per heavy atom. The average Bonchev–Trinajstić information content (AvgIpc) is 3.00. The summed E-state index contributed by atoms with van der Waals surface area (Å²) in [5, 5.41) is 10.4. The number of sulfonamides is 1. The number of nitrogens with zero attached hydrogens (tertiary/aromatic N) is 1. The Bertz CT molecular complexity index is 619. The van der Waals surface area contributed by atoms with Gasteiger partial charge in [0.25, 0.3) is 10.0 Å². The first-order chi connectivity index (χ1) is 10.4. The highest BCUT2D eigenvalue weighted by Gasteiger charge is 2.25. The maximum atomic E-state index is 12.0. The number of amides is 1. The molecular weight excluding hydrogens is 328 g/mol. The molecule has 0 atom stereocenters. The van der Waals surface area contributed by atoms with Crippen LogP contribution in [0.1, 0.15) is 19.3 Å². The van der Waals surface area contributed by atoms with Gasteiger partial charge >= 0.3 is 5.97 Å². The molecule has 1 fully saturated rings. The second kappa shape index (κ2) is 7.21. The molecule has 2 rings (SSSR count). The van der Waals surface area contributed by atoms with E-state index in [0.29, 0.717) is 25.9 Å². The van der Waals surface area contributed by atoms with Crippen molar-refractivity contribution in [1.82, 2.24) is 9.62 Å². The van der Waals surface area contributed by atoms with E-state index in [-0.39, 0.29) is 29.0 Å². The van der Waals surface area contributed by atoms with Gasteiger partial charge < -0.3 is 10.0 Å². The van der Waals surface area contributed by atoms with Crippen LogP contribution < -0.4 is 4.72 Å². The molecule has 1 saturated heterocycles. The maximum absolute atomic E-state index is 12.0. The number of thiophene rings is 1. The van der Waals surface area contributed by atoms with Gasteiger partial charge in [0.15, 0.2) is 0 Å².